The zero-order valence-electron chi connectivity index (χ0n) is 10.3. The van der Waals surface area contributed by atoms with Crippen LogP contribution in [-0.4, -0.2) is 27.5 Å². The maximum absolute atomic E-state index is 12.0. The highest BCUT2D eigenvalue weighted by Gasteiger charge is 2.30. The number of pyridine rings is 1. The third kappa shape index (κ3) is 2.67. The summed E-state index contributed by atoms with van der Waals surface area (Å²) in [6.07, 6.45) is 4.13. The molecule has 1 heterocycles. The second kappa shape index (κ2) is 4.76. The second-order valence-corrected chi connectivity index (χ2v) is 4.94. The Kier molecular flexibility index (Phi) is 3.32. The topological polar surface area (TPSA) is 79.3 Å². The van der Waals surface area contributed by atoms with Crippen LogP contribution in [0.2, 0.25) is 0 Å². The predicted octanol–water partition coefficient (Wildman–Crippen LogP) is 1.84. The van der Waals surface area contributed by atoms with Crippen molar-refractivity contribution in [1.29, 1.82) is 0 Å². The van der Waals surface area contributed by atoms with Crippen molar-refractivity contribution in [1.82, 2.24) is 10.3 Å². The standard InChI is InChI=1S/C13H16N2O3/c1-13(7-2-3-8-13)15-11(16)9-5-4-6-10(14-9)12(17)18/h4-6H,2-3,7-8H2,1H3,(H,15,16)(H,17,18). The van der Waals surface area contributed by atoms with E-state index in [1.807, 2.05) is 6.92 Å². The van der Waals surface area contributed by atoms with Crippen LogP contribution in [0.3, 0.4) is 0 Å². The molecule has 0 saturated heterocycles. The SMILES string of the molecule is CC1(NC(=O)c2cccc(C(=O)O)n2)CCCC1. The summed E-state index contributed by atoms with van der Waals surface area (Å²) in [7, 11) is 0. The van der Waals surface area contributed by atoms with E-state index in [9.17, 15) is 9.59 Å². The van der Waals surface area contributed by atoms with Crippen LogP contribution in [0.25, 0.3) is 0 Å². The molecule has 2 rings (SSSR count). The molecule has 5 nitrogen and oxygen atoms in total. The van der Waals surface area contributed by atoms with Gasteiger partial charge in [-0.2, -0.15) is 0 Å². The van der Waals surface area contributed by atoms with Crippen LogP contribution >= 0.6 is 0 Å². The smallest absolute Gasteiger partial charge is 0.354 e. The van der Waals surface area contributed by atoms with E-state index in [4.69, 9.17) is 5.11 Å². The van der Waals surface area contributed by atoms with E-state index >= 15 is 0 Å². The number of nitrogens with zero attached hydrogens (tertiary/aromatic N) is 1. The summed E-state index contributed by atoms with van der Waals surface area (Å²) in [6, 6.07) is 4.43. The summed E-state index contributed by atoms with van der Waals surface area (Å²) in [5.74, 6) is -1.43. The van der Waals surface area contributed by atoms with Crippen molar-refractivity contribution < 1.29 is 14.7 Å². The highest BCUT2D eigenvalue weighted by molar-refractivity contribution is 5.94. The fraction of sp³-hybridized carbons (Fsp3) is 0.462. The Morgan fingerprint density at radius 3 is 2.50 bits per heavy atom. The van der Waals surface area contributed by atoms with Gasteiger partial charge < -0.3 is 10.4 Å². The maximum atomic E-state index is 12.0. The Balaban J connectivity index is 2.13. The molecule has 1 aromatic heterocycles. The number of rotatable bonds is 3. The molecule has 0 aliphatic heterocycles. The van der Waals surface area contributed by atoms with Gasteiger partial charge in [0.25, 0.3) is 5.91 Å². The number of carboxylic acid groups (broad SMARTS) is 1. The minimum absolute atomic E-state index is 0.112. The lowest BCUT2D eigenvalue weighted by molar-refractivity contribution is 0.0690. The van der Waals surface area contributed by atoms with Gasteiger partial charge in [0, 0.05) is 5.54 Å². The quantitative estimate of drug-likeness (QED) is 0.855. The van der Waals surface area contributed by atoms with Gasteiger partial charge >= 0.3 is 5.97 Å². The molecule has 1 amide bonds. The molecule has 5 heteroatoms. The Morgan fingerprint density at radius 1 is 1.28 bits per heavy atom. The van der Waals surface area contributed by atoms with Gasteiger partial charge in [-0.1, -0.05) is 18.9 Å². The lowest BCUT2D eigenvalue weighted by Gasteiger charge is -2.24. The fourth-order valence-corrected chi connectivity index (χ4v) is 2.30. The van der Waals surface area contributed by atoms with E-state index in [2.05, 4.69) is 10.3 Å². The first-order chi connectivity index (χ1) is 8.50. The number of nitrogens with one attached hydrogen (secondary N) is 1. The molecule has 0 aromatic carbocycles. The molecule has 0 unspecified atom stereocenters. The Morgan fingerprint density at radius 2 is 1.89 bits per heavy atom. The van der Waals surface area contributed by atoms with E-state index in [0.717, 1.165) is 25.7 Å². The van der Waals surface area contributed by atoms with Gasteiger partial charge in [0.2, 0.25) is 0 Å². The van der Waals surface area contributed by atoms with Gasteiger partial charge in [-0.3, -0.25) is 4.79 Å². The lowest BCUT2D eigenvalue weighted by Crippen LogP contribution is -2.43. The number of carbonyl (C=O) groups excluding carboxylic acids is 1. The number of hydrogen-bond donors (Lipinski definition) is 2. The first-order valence-electron chi connectivity index (χ1n) is 6.03. The Bertz CT molecular complexity index is 479. The molecular weight excluding hydrogens is 232 g/mol. The molecule has 1 aliphatic rings. The van der Waals surface area contributed by atoms with E-state index in [-0.39, 0.29) is 22.8 Å². The highest BCUT2D eigenvalue weighted by atomic mass is 16.4. The van der Waals surface area contributed by atoms with Crippen LogP contribution in [0.5, 0.6) is 0 Å². The summed E-state index contributed by atoms with van der Waals surface area (Å²) in [5.41, 5.74) is -0.139. The highest BCUT2D eigenvalue weighted by Crippen LogP contribution is 2.29. The average Bonchev–Trinajstić information content (AvgIpc) is 2.76. The first kappa shape index (κ1) is 12.5. The van der Waals surface area contributed by atoms with Gasteiger partial charge in [-0.25, -0.2) is 9.78 Å². The predicted molar refractivity (Wildman–Crippen MR) is 65.5 cm³/mol. The molecule has 96 valence electrons. The van der Waals surface area contributed by atoms with Gasteiger partial charge in [0.1, 0.15) is 11.4 Å². The van der Waals surface area contributed by atoms with Gasteiger partial charge in [-0.05, 0) is 31.9 Å². The number of hydrogen-bond acceptors (Lipinski definition) is 3. The van der Waals surface area contributed by atoms with E-state index in [1.54, 1.807) is 0 Å². The van der Waals surface area contributed by atoms with Crippen molar-refractivity contribution in [2.45, 2.75) is 38.1 Å². The fourth-order valence-electron chi connectivity index (χ4n) is 2.30. The molecule has 2 N–H and O–H groups in total. The summed E-state index contributed by atoms with van der Waals surface area (Å²) in [4.78, 5) is 26.6. The molecule has 18 heavy (non-hydrogen) atoms. The van der Waals surface area contributed by atoms with Crippen molar-refractivity contribution in [3.05, 3.63) is 29.6 Å². The molecule has 0 bridgehead atoms. The monoisotopic (exact) mass is 248 g/mol. The summed E-state index contributed by atoms with van der Waals surface area (Å²) in [5, 5.41) is 11.8. The zero-order chi connectivity index (χ0) is 13.2. The summed E-state index contributed by atoms with van der Waals surface area (Å²) in [6.45, 7) is 2.01. The summed E-state index contributed by atoms with van der Waals surface area (Å²) >= 11 is 0. The van der Waals surface area contributed by atoms with E-state index in [1.165, 1.54) is 18.2 Å². The molecule has 1 aliphatic carbocycles. The number of amides is 1. The van der Waals surface area contributed by atoms with E-state index in [0.29, 0.717) is 0 Å². The number of aromatic carboxylic acids is 1. The van der Waals surface area contributed by atoms with Crippen LogP contribution in [0.4, 0.5) is 0 Å². The third-order valence-electron chi connectivity index (χ3n) is 3.32. The van der Waals surface area contributed by atoms with Crippen LogP contribution in [0.1, 0.15) is 53.6 Å². The first-order valence-corrected chi connectivity index (χ1v) is 6.03. The Hall–Kier alpha value is -1.91. The van der Waals surface area contributed by atoms with Crippen LogP contribution in [0.15, 0.2) is 18.2 Å². The largest absolute Gasteiger partial charge is 0.477 e. The van der Waals surface area contributed by atoms with Crippen LogP contribution in [0, 0.1) is 0 Å². The van der Waals surface area contributed by atoms with Crippen LogP contribution < -0.4 is 5.32 Å². The maximum Gasteiger partial charge on any atom is 0.354 e. The molecule has 1 fully saturated rings. The second-order valence-electron chi connectivity index (χ2n) is 4.94. The minimum Gasteiger partial charge on any atom is -0.477 e. The van der Waals surface area contributed by atoms with Crippen molar-refractivity contribution in [3.8, 4) is 0 Å². The molecule has 1 saturated carbocycles. The molecule has 0 spiro atoms. The normalized spacial score (nSPS) is 17.4. The van der Waals surface area contributed by atoms with Gasteiger partial charge in [0.15, 0.2) is 0 Å². The number of carbonyl (C=O) groups is 2. The van der Waals surface area contributed by atoms with Gasteiger partial charge in [-0.15, -0.1) is 0 Å². The molecule has 1 aromatic rings. The van der Waals surface area contributed by atoms with E-state index < -0.39 is 5.97 Å². The van der Waals surface area contributed by atoms with Crippen molar-refractivity contribution >= 4 is 11.9 Å². The number of aromatic nitrogens is 1. The Labute approximate surface area is 105 Å². The minimum atomic E-state index is -1.13. The molecule has 0 radical (unpaired) electrons. The van der Waals surface area contributed by atoms with Crippen LogP contribution in [-0.2, 0) is 0 Å². The molecular formula is C13H16N2O3. The molecule has 0 atom stereocenters. The van der Waals surface area contributed by atoms with Crippen molar-refractivity contribution in [2.75, 3.05) is 0 Å². The third-order valence-corrected chi connectivity index (χ3v) is 3.32. The van der Waals surface area contributed by atoms with Crippen molar-refractivity contribution in [3.63, 3.8) is 0 Å². The average molecular weight is 248 g/mol. The summed E-state index contributed by atoms with van der Waals surface area (Å²) < 4.78 is 0. The number of carboxylic acids is 1. The van der Waals surface area contributed by atoms with Crippen molar-refractivity contribution in [2.24, 2.45) is 0 Å². The van der Waals surface area contributed by atoms with Gasteiger partial charge in [0.05, 0.1) is 0 Å². The lowest BCUT2D eigenvalue weighted by atomic mass is 10.0. The zero-order valence-corrected chi connectivity index (χ0v) is 10.3.